The molecule has 23 heavy (non-hydrogen) atoms. The number of hydrogen-bond donors (Lipinski definition) is 2. The van der Waals surface area contributed by atoms with E-state index in [0.29, 0.717) is 0 Å². The van der Waals surface area contributed by atoms with Gasteiger partial charge in [-0.2, -0.15) is 13.2 Å². The normalized spacial score (nSPS) is 13.3. The number of halogens is 3. The molecule has 0 saturated carbocycles. The highest BCUT2D eigenvalue weighted by Gasteiger charge is 2.32. The highest BCUT2D eigenvalue weighted by Crippen LogP contribution is 2.27. The fraction of sp³-hybridized carbons (Fsp3) is 0.500. The quantitative estimate of drug-likeness (QED) is 0.884. The van der Waals surface area contributed by atoms with Gasteiger partial charge in [0.1, 0.15) is 17.3 Å². The van der Waals surface area contributed by atoms with Crippen molar-refractivity contribution >= 4 is 12.1 Å². The minimum absolute atomic E-state index is 0.223. The number of alkyl carbamates (subject to hydrolysis) is 1. The van der Waals surface area contributed by atoms with Crippen LogP contribution in [0.1, 0.15) is 32.0 Å². The van der Waals surface area contributed by atoms with Crippen LogP contribution in [0.5, 0.6) is 0 Å². The molecule has 1 amide bonds. The number of alkyl halides is 3. The minimum atomic E-state index is -4.57. The van der Waals surface area contributed by atoms with E-state index in [2.05, 4.69) is 10.3 Å². The number of pyridine rings is 1. The smallest absolute Gasteiger partial charge is 0.433 e. The lowest BCUT2D eigenvalue weighted by molar-refractivity contribution is -0.141. The molecule has 1 aromatic heterocycles. The molecule has 0 aliphatic rings. The number of nitrogens with one attached hydrogen (secondary N) is 1. The summed E-state index contributed by atoms with van der Waals surface area (Å²) in [5.41, 5.74) is -1.64. The molecule has 0 aliphatic carbocycles. The topological polar surface area (TPSA) is 88.5 Å². The van der Waals surface area contributed by atoms with E-state index in [-0.39, 0.29) is 12.0 Å². The van der Waals surface area contributed by atoms with Crippen molar-refractivity contribution in [3.8, 4) is 0 Å². The Hall–Kier alpha value is -2.32. The number of carbonyl (C=O) groups is 2. The zero-order chi connectivity index (χ0) is 17.8. The average Bonchev–Trinajstić information content (AvgIpc) is 2.35. The van der Waals surface area contributed by atoms with Gasteiger partial charge in [-0.1, -0.05) is 6.07 Å². The third kappa shape index (κ3) is 6.54. The Kier molecular flexibility index (Phi) is 5.57. The number of hydrogen-bond acceptors (Lipinski definition) is 4. The molecule has 1 aromatic rings. The van der Waals surface area contributed by atoms with Gasteiger partial charge in [-0.3, -0.25) is 4.98 Å². The molecule has 1 rings (SSSR count). The van der Waals surface area contributed by atoms with Crippen LogP contribution in [0.2, 0.25) is 0 Å². The molecule has 0 bridgehead atoms. The standard InChI is InChI=1S/C14H17F3N2O4/c1-13(2,3)23-12(22)19-9(11(20)21)6-8-4-5-10(18-7-8)14(15,16)17/h4-5,7,9H,6H2,1-3H3,(H,19,22)(H,20,21). The van der Waals surface area contributed by atoms with Gasteiger partial charge in [-0.25, -0.2) is 9.59 Å². The summed E-state index contributed by atoms with van der Waals surface area (Å²) in [7, 11) is 0. The summed E-state index contributed by atoms with van der Waals surface area (Å²) in [6, 6.07) is 0.521. The Morgan fingerprint density at radius 3 is 2.30 bits per heavy atom. The molecule has 0 aliphatic heterocycles. The van der Waals surface area contributed by atoms with Crippen LogP contribution in [0.25, 0.3) is 0 Å². The van der Waals surface area contributed by atoms with Crippen LogP contribution < -0.4 is 5.32 Å². The van der Waals surface area contributed by atoms with Crippen molar-refractivity contribution in [2.75, 3.05) is 0 Å². The second kappa shape index (κ2) is 6.84. The lowest BCUT2D eigenvalue weighted by Gasteiger charge is -2.22. The molecule has 1 heterocycles. The summed E-state index contributed by atoms with van der Waals surface area (Å²) in [6.07, 6.45) is -4.79. The highest BCUT2D eigenvalue weighted by atomic mass is 19.4. The number of carboxylic acid groups (broad SMARTS) is 1. The summed E-state index contributed by atoms with van der Waals surface area (Å²) in [4.78, 5) is 26.0. The van der Waals surface area contributed by atoms with Crippen LogP contribution in [-0.2, 0) is 22.1 Å². The fourth-order valence-corrected chi connectivity index (χ4v) is 1.60. The van der Waals surface area contributed by atoms with Gasteiger partial charge in [0.25, 0.3) is 0 Å². The molecular formula is C14H17F3N2O4. The molecule has 9 heteroatoms. The monoisotopic (exact) mass is 334 g/mol. The van der Waals surface area contributed by atoms with Crippen LogP contribution in [0.4, 0.5) is 18.0 Å². The van der Waals surface area contributed by atoms with Crippen molar-refractivity contribution in [1.82, 2.24) is 10.3 Å². The summed E-state index contributed by atoms with van der Waals surface area (Å²) in [6.45, 7) is 4.84. The Labute approximate surface area is 130 Å². The predicted octanol–water partition coefficient (Wildman–Crippen LogP) is 2.62. The zero-order valence-corrected chi connectivity index (χ0v) is 12.8. The van der Waals surface area contributed by atoms with Crippen LogP contribution in [0.15, 0.2) is 18.3 Å². The second-order valence-corrected chi connectivity index (χ2v) is 5.79. The molecular weight excluding hydrogens is 317 g/mol. The number of carboxylic acids is 1. The van der Waals surface area contributed by atoms with Gasteiger partial charge in [-0.15, -0.1) is 0 Å². The molecule has 1 atom stereocenters. The van der Waals surface area contributed by atoms with Gasteiger partial charge >= 0.3 is 18.2 Å². The fourth-order valence-electron chi connectivity index (χ4n) is 1.60. The number of ether oxygens (including phenoxy) is 1. The van der Waals surface area contributed by atoms with E-state index in [9.17, 15) is 22.8 Å². The maximum absolute atomic E-state index is 12.4. The average molecular weight is 334 g/mol. The first kappa shape index (κ1) is 18.7. The number of aliphatic carboxylic acids is 1. The van der Waals surface area contributed by atoms with Crippen molar-refractivity contribution in [2.24, 2.45) is 0 Å². The highest BCUT2D eigenvalue weighted by molar-refractivity contribution is 5.80. The van der Waals surface area contributed by atoms with E-state index in [4.69, 9.17) is 9.84 Å². The van der Waals surface area contributed by atoms with Gasteiger partial charge in [0.2, 0.25) is 0 Å². The molecule has 0 fully saturated rings. The minimum Gasteiger partial charge on any atom is -0.480 e. The van der Waals surface area contributed by atoms with Gasteiger partial charge in [0.05, 0.1) is 0 Å². The van der Waals surface area contributed by atoms with Crippen molar-refractivity contribution in [3.63, 3.8) is 0 Å². The van der Waals surface area contributed by atoms with Gasteiger partial charge in [0, 0.05) is 12.6 Å². The van der Waals surface area contributed by atoms with Gasteiger partial charge < -0.3 is 15.2 Å². The van der Waals surface area contributed by atoms with E-state index in [1.807, 2.05) is 0 Å². The van der Waals surface area contributed by atoms with Crippen molar-refractivity contribution < 1.29 is 32.6 Å². The number of aromatic nitrogens is 1. The summed E-state index contributed by atoms with van der Waals surface area (Å²) < 4.78 is 42.2. The molecule has 1 unspecified atom stereocenters. The Morgan fingerprint density at radius 2 is 1.91 bits per heavy atom. The van der Waals surface area contributed by atoms with Crippen molar-refractivity contribution in [3.05, 3.63) is 29.6 Å². The van der Waals surface area contributed by atoms with Crippen LogP contribution in [0, 0.1) is 0 Å². The van der Waals surface area contributed by atoms with E-state index in [1.54, 1.807) is 20.8 Å². The van der Waals surface area contributed by atoms with Gasteiger partial charge in [-0.05, 0) is 32.4 Å². The van der Waals surface area contributed by atoms with E-state index in [1.165, 1.54) is 0 Å². The van der Waals surface area contributed by atoms with Crippen LogP contribution in [-0.4, -0.2) is 33.8 Å². The van der Waals surface area contributed by atoms with Gasteiger partial charge in [0.15, 0.2) is 0 Å². The summed E-state index contributed by atoms with van der Waals surface area (Å²) in [5, 5.41) is 11.3. The SMILES string of the molecule is CC(C)(C)OC(=O)NC(Cc1ccc(C(F)(F)F)nc1)C(=O)O. The molecule has 0 saturated heterocycles. The maximum Gasteiger partial charge on any atom is 0.433 e. The molecule has 2 N–H and O–H groups in total. The molecule has 0 spiro atoms. The lowest BCUT2D eigenvalue weighted by atomic mass is 10.1. The summed E-state index contributed by atoms with van der Waals surface area (Å²) in [5.74, 6) is -1.34. The Bertz CT molecular complexity index is 565. The molecule has 6 nitrogen and oxygen atoms in total. The first-order valence-electron chi connectivity index (χ1n) is 6.63. The van der Waals surface area contributed by atoms with E-state index < -0.39 is 35.6 Å². The molecule has 128 valence electrons. The lowest BCUT2D eigenvalue weighted by Crippen LogP contribution is -2.44. The molecule has 0 aromatic carbocycles. The zero-order valence-electron chi connectivity index (χ0n) is 12.8. The van der Waals surface area contributed by atoms with E-state index in [0.717, 1.165) is 18.3 Å². The second-order valence-electron chi connectivity index (χ2n) is 5.79. The Morgan fingerprint density at radius 1 is 1.30 bits per heavy atom. The first-order chi connectivity index (χ1) is 10.4. The Balaban J connectivity index is 2.77. The number of carbonyl (C=O) groups excluding carboxylic acids is 1. The maximum atomic E-state index is 12.4. The van der Waals surface area contributed by atoms with Crippen molar-refractivity contribution in [2.45, 2.75) is 45.0 Å². The predicted molar refractivity (Wildman–Crippen MR) is 73.7 cm³/mol. The third-order valence-corrected chi connectivity index (χ3v) is 2.54. The van der Waals surface area contributed by atoms with Crippen LogP contribution in [0.3, 0.4) is 0 Å². The number of amides is 1. The molecule has 0 radical (unpaired) electrons. The van der Waals surface area contributed by atoms with Crippen LogP contribution >= 0.6 is 0 Å². The first-order valence-corrected chi connectivity index (χ1v) is 6.63. The summed E-state index contributed by atoms with van der Waals surface area (Å²) >= 11 is 0. The largest absolute Gasteiger partial charge is 0.480 e. The number of nitrogens with zero attached hydrogens (tertiary/aromatic N) is 1. The van der Waals surface area contributed by atoms with Crippen molar-refractivity contribution in [1.29, 1.82) is 0 Å². The number of rotatable bonds is 4. The van der Waals surface area contributed by atoms with E-state index >= 15 is 0 Å². The third-order valence-electron chi connectivity index (χ3n) is 2.54.